The Morgan fingerprint density at radius 1 is 1.12 bits per heavy atom. The highest BCUT2D eigenvalue weighted by molar-refractivity contribution is 6.45. The minimum Gasteiger partial charge on any atom is -0.403 e. The van der Waals surface area contributed by atoms with Crippen LogP contribution in [-0.2, 0) is 18.9 Å². The van der Waals surface area contributed by atoms with E-state index in [0.717, 1.165) is 38.5 Å². The lowest BCUT2D eigenvalue weighted by molar-refractivity contribution is -0.138. The van der Waals surface area contributed by atoms with Crippen molar-refractivity contribution in [3.63, 3.8) is 0 Å². The monoisotopic (exact) mass is 471 g/mol. The molecule has 2 aliphatic heterocycles. The summed E-state index contributed by atoms with van der Waals surface area (Å²) in [5, 5.41) is 9.89. The molecular formula is C23H43BClN3O4. The summed E-state index contributed by atoms with van der Waals surface area (Å²) < 4.78 is 12.3. The number of halogens is 1. The third-order valence-corrected chi connectivity index (χ3v) is 7.66. The molecule has 0 radical (unpaired) electrons. The van der Waals surface area contributed by atoms with E-state index in [1.165, 1.54) is 6.92 Å². The van der Waals surface area contributed by atoms with Gasteiger partial charge in [-0.2, -0.15) is 0 Å². The van der Waals surface area contributed by atoms with Gasteiger partial charge in [0.15, 0.2) is 0 Å². The number of hydrogen-bond acceptors (Lipinski definition) is 5. The van der Waals surface area contributed by atoms with Crippen molar-refractivity contribution in [1.29, 1.82) is 0 Å². The number of carbonyl (C=O) groups is 2. The third kappa shape index (κ3) is 5.29. The highest BCUT2D eigenvalue weighted by atomic mass is 35.5. The number of rotatable bonds is 6. The molecule has 1 unspecified atom stereocenters. The number of fused-ring (bicyclic) bond motifs is 1. The van der Waals surface area contributed by atoms with E-state index in [1.807, 2.05) is 20.8 Å². The fraction of sp³-hybridized carbons (Fsp3) is 0.913. The Hall–Kier alpha value is -0.825. The van der Waals surface area contributed by atoms with E-state index < -0.39 is 5.54 Å². The summed E-state index contributed by atoms with van der Waals surface area (Å²) in [6.07, 6.45) is 4.30. The quantitative estimate of drug-likeness (QED) is 0.518. The number of carbonyl (C=O) groups excluding carboxylic acids is 2. The molecule has 0 aromatic heterocycles. The Morgan fingerprint density at radius 3 is 2.25 bits per heavy atom. The van der Waals surface area contributed by atoms with E-state index in [9.17, 15) is 9.59 Å². The van der Waals surface area contributed by atoms with E-state index in [0.29, 0.717) is 0 Å². The summed E-state index contributed by atoms with van der Waals surface area (Å²) in [4.78, 5) is 25.9. The Morgan fingerprint density at radius 2 is 1.72 bits per heavy atom. The summed E-state index contributed by atoms with van der Waals surface area (Å²) in [5.74, 6) is -0.0100. The minimum absolute atomic E-state index is 0. The molecule has 184 valence electrons. The average Bonchev–Trinajstić information content (AvgIpc) is 3.19. The molecule has 7 nitrogen and oxygen atoms in total. The summed E-state index contributed by atoms with van der Waals surface area (Å²) in [5.41, 5.74) is -1.90. The first kappa shape index (κ1) is 27.4. The second-order valence-electron chi connectivity index (χ2n) is 11.8. The van der Waals surface area contributed by atoms with Gasteiger partial charge in [0.1, 0.15) is 5.54 Å². The van der Waals surface area contributed by atoms with Crippen molar-refractivity contribution < 1.29 is 18.9 Å². The Balaban J connectivity index is 0.00000363. The molecule has 4 atom stereocenters. The topological polar surface area (TPSA) is 88.7 Å². The van der Waals surface area contributed by atoms with Crippen molar-refractivity contribution in [2.24, 2.45) is 11.8 Å². The smallest absolute Gasteiger partial charge is 0.403 e. The van der Waals surface area contributed by atoms with Crippen LogP contribution in [0.15, 0.2) is 0 Å². The van der Waals surface area contributed by atoms with Crippen LogP contribution >= 0.6 is 12.4 Å². The van der Waals surface area contributed by atoms with Crippen LogP contribution in [-0.4, -0.2) is 53.8 Å². The maximum atomic E-state index is 13.7. The average molecular weight is 472 g/mol. The van der Waals surface area contributed by atoms with E-state index in [1.54, 1.807) is 0 Å². The normalized spacial score (nSPS) is 32.9. The fourth-order valence-corrected chi connectivity index (χ4v) is 5.66. The van der Waals surface area contributed by atoms with Gasteiger partial charge in [-0.25, -0.2) is 0 Å². The zero-order valence-corrected chi connectivity index (χ0v) is 21.9. The molecule has 3 N–H and O–H groups in total. The van der Waals surface area contributed by atoms with Gasteiger partial charge in [-0.05, 0) is 86.5 Å². The van der Waals surface area contributed by atoms with Crippen LogP contribution in [0.2, 0.25) is 6.32 Å². The molecule has 2 saturated heterocycles. The highest BCUT2D eigenvalue weighted by Crippen LogP contribution is 2.48. The minimum atomic E-state index is -0.872. The van der Waals surface area contributed by atoms with Crippen LogP contribution in [0.25, 0.3) is 0 Å². The first-order valence-electron chi connectivity index (χ1n) is 11.9. The zero-order chi connectivity index (χ0) is 23.2. The van der Waals surface area contributed by atoms with Crippen LogP contribution in [0.4, 0.5) is 0 Å². The SMILES string of the molecule is CC(=O)NC1(C(=O)NC(C)(C)C)[C@H](CCCB2OC(C)(C)C(C)(C)O2)C[C@H]2NCC[C@H]21.Cl. The highest BCUT2D eigenvalue weighted by Gasteiger charge is 2.61. The van der Waals surface area contributed by atoms with Crippen molar-refractivity contribution in [3.8, 4) is 0 Å². The van der Waals surface area contributed by atoms with Crippen molar-refractivity contribution in [1.82, 2.24) is 16.0 Å². The van der Waals surface area contributed by atoms with Crippen molar-refractivity contribution in [2.45, 2.75) is 116 Å². The molecule has 3 rings (SSSR count). The third-order valence-electron chi connectivity index (χ3n) is 7.66. The number of nitrogens with one attached hydrogen (secondary N) is 3. The fourth-order valence-electron chi connectivity index (χ4n) is 5.66. The predicted octanol–water partition coefficient (Wildman–Crippen LogP) is 3.07. The summed E-state index contributed by atoms with van der Waals surface area (Å²) in [6, 6.07) is 0.263. The number of amides is 2. The van der Waals surface area contributed by atoms with Crippen LogP contribution in [0.3, 0.4) is 0 Å². The van der Waals surface area contributed by atoms with Gasteiger partial charge >= 0.3 is 7.12 Å². The van der Waals surface area contributed by atoms with Gasteiger partial charge < -0.3 is 25.3 Å². The molecule has 32 heavy (non-hydrogen) atoms. The lowest BCUT2D eigenvalue weighted by atomic mass is 9.73. The maximum Gasteiger partial charge on any atom is 0.457 e. The second kappa shape index (κ2) is 9.44. The first-order valence-corrected chi connectivity index (χ1v) is 11.9. The van der Waals surface area contributed by atoms with Crippen LogP contribution < -0.4 is 16.0 Å². The van der Waals surface area contributed by atoms with Gasteiger partial charge in [0.2, 0.25) is 11.8 Å². The van der Waals surface area contributed by atoms with Crippen molar-refractivity contribution >= 4 is 31.3 Å². The van der Waals surface area contributed by atoms with Gasteiger partial charge in [-0.1, -0.05) is 6.42 Å². The van der Waals surface area contributed by atoms with E-state index >= 15 is 0 Å². The van der Waals surface area contributed by atoms with Crippen molar-refractivity contribution in [2.75, 3.05) is 6.54 Å². The van der Waals surface area contributed by atoms with E-state index in [-0.39, 0.29) is 66.0 Å². The standard InChI is InChI=1S/C23H42BN3O4.ClH/c1-15(28)26-23(19(29)27-20(2,3)4)16(14-18-17(23)11-13-25-18)10-9-12-24-30-21(5,6)22(7,8)31-24;/h16-18,25H,9-14H2,1-8H3,(H,26,28)(H,27,29);1H/t16-,17-,18-,23?;/m1./s1. The summed E-state index contributed by atoms with van der Waals surface area (Å²) in [7, 11) is -0.234. The zero-order valence-electron chi connectivity index (χ0n) is 21.1. The van der Waals surface area contributed by atoms with Gasteiger partial charge in [-0.3, -0.25) is 9.59 Å². The molecule has 3 fully saturated rings. The predicted molar refractivity (Wildman–Crippen MR) is 130 cm³/mol. The van der Waals surface area contributed by atoms with Crippen molar-refractivity contribution in [3.05, 3.63) is 0 Å². The summed E-state index contributed by atoms with van der Waals surface area (Å²) in [6.45, 7) is 16.6. The maximum absolute atomic E-state index is 13.7. The molecule has 0 spiro atoms. The second-order valence-corrected chi connectivity index (χ2v) is 11.8. The Kier molecular flexibility index (Phi) is 8.08. The van der Waals surface area contributed by atoms with E-state index in [2.05, 4.69) is 43.6 Å². The lowest BCUT2D eigenvalue weighted by Crippen LogP contribution is -2.66. The Labute approximate surface area is 200 Å². The summed E-state index contributed by atoms with van der Waals surface area (Å²) >= 11 is 0. The Bertz CT molecular complexity index is 696. The molecule has 0 aromatic carbocycles. The van der Waals surface area contributed by atoms with Gasteiger partial charge in [0.25, 0.3) is 0 Å². The number of hydrogen-bond donors (Lipinski definition) is 3. The largest absolute Gasteiger partial charge is 0.457 e. The lowest BCUT2D eigenvalue weighted by Gasteiger charge is -2.41. The van der Waals surface area contributed by atoms with E-state index in [4.69, 9.17) is 9.31 Å². The molecule has 3 aliphatic rings. The van der Waals surface area contributed by atoms with Crippen LogP contribution in [0, 0.1) is 11.8 Å². The molecule has 2 heterocycles. The molecule has 1 saturated carbocycles. The van der Waals surface area contributed by atoms with Crippen LogP contribution in [0.1, 0.15) is 81.1 Å². The molecule has 0 bridgehead atoms. The molecular weight excluding hydrogens is 429 g/mol. The van der Waals surface area contributed by atoms with Gasteiger partial charge in [0.05, 0.1) is 11.2 Å². The molecule has 0 aromatic rings. The molecule has 1 aliphatic carbocycles. The first-order chi connectivity index (χ1) is 14.2. The molecule has 9 heteroatoms. The van der Waals surface area contributed by atoms with Crippen LogP contribution in [0.5, 0.6) is 0 Å². The molecule has 2 amide bonds. The van der Waals surface area contributed by atoms with Gasteiger partial charge in [-0.15, -0.1) is 12.4 Å². The van der Waals surface area contributed by atoms with Gasteiger partial charge in [0, 0.05) is 24.4 Å².